The molecular formula is C12H17NO2S. The van der Waals surface area contributed by atoms with Gasteiger partial charge in [-0.15, -0.1) is 11.3 Å². The molecule has 1 aromatic rings. The average Bonchev–Trinajstić information content (AvgIpc) is 2.89. The van der Waals surface area contributed by atoms with Gasteiger partial charge in [-0.05, 0) is 30.9 Å². The summed E-state index contributed by atoms with van der Waals surface area (Å²) in [5, 5.41) is 13.0. The number of nitrogens with one attached hydrogen (secondary N) is 1. The summed E-state index contributed by atoms with van der Waals surface area (Å²) in [5.74, 6) is 0. The first-order chi connectivity index (χ1) is 7.83. The van der Waals surface area contributed by atoms with Crippen molar-refractivity contribution in [2.45, 2.75) is 38.0 Å². The van der Waals surface area contributed by atoms with Crippen LogP contribution in [-0.2, 0) is 24.1 Å². The van der Waals surface area contributed by atoms with E-state index in [0.717, 1.165) is 6.54 Å². The smallest absolute Gasteiger partial charge is 0.0948 e. The van der Waals surface area contributed by atoms with Gasteiger partial charge in [-0.25, -0.2) is 0 Å². The topological polar surface area (TPSA) is 41.5 Å². The summed E-state index contributed by atoms with van der Waals surface area (Å²) in [4.78, 5) is 2.96. The van der Waals surface area contributed by atoms with Crippen molar-refractivity contribution in [3.8, 4) is 0 Å². The summed E-state index contributed by atoms with van der Waals surface area (Å²) in [5.41, 5.74) is 1.55. The van der Waals surface area contributed by atoms with Gasteiger partial charge >= 0.3 is 0 Å². The summed E-state index contributed by atoms with van der Waals surface area (Å²) in [7, 11) is 0. The highest BCUT2D eigenvalue weighted by molar-refractivity contribution is 7.12. The van der Waals surface area contributed by atoms with E-state index in [1.165, 1.54) is 24.1 Å². The van der Waals surface area contributed by atoms with Crippen molar-refractivity contribution >= 4 is 11.3 Å². The third-order valence-electron chi connectivity index (χ3n) is 3.39. The lowest BCUT2D eigenvalue weighted by Gasteiger charge is -2.13. The Morgan fingerprint density at radius 3 is 3.12 bits per heavy atom. The standard InChI is InChI=1S/C12H17NO2S/c14-11-7-15-6-10(11)13-5-9-4-8-2-1-3-12(8)16-9/h4,10-11,13-14H,1-3,5-7H2. The number of aryl methyl sites for hydroxylation is 2. The van der Waals surface area contributed by atoms with Crippen LogP contribution >= 0.6 is 11.3 Å². The summed E-state index contributed by atoms with van der Waals surface area (Å²) < 4.78 is 5.21. The van der Waals surface area contributed by atoms with Crippen LogP contribution in [-0.4, -0.2) is 30.5 Å². The number of fused-ring (bicyclic) bond motifs is 1. The molecule has 2 N–H and O–H groups in total. The second-order valence-electron chi connectivity index (χ2n) is 4.61. The molecule has 0 amide bonds. The summed E-state index contributed by atoms with van der Waals surface area (Å²) in [6, 6.07) is 2.43. The molecule has 1 aromatic heterocycles. The molecule has 2 unspecified atom stereocenters. The van der Waals surface area contributed by atoms with E-state index < -0.39 is 0 Å². The van der Waals surface area contributed by atoms with Crippen molar-refractivity contribution in [3.05, 3.63) is 21.4 Å². The molecule has 0 saturated carbocycles. The molecule has 0 bridgehead atoms. The minimum Gasteiger partial charge on any atom is -0.389 e. The van der Waals surface area contributed by atoms with Gasteiger partial charge < -0.3 is 15.2 Å². The second-order valence-corrected chi connectivity index (χ2v) is 5.83. The van der Waals surface area contributed by atoms with Gasteiger partial charge in [0.15, 0.2) is 0 Å². The lowest BCUT2D eigenvalue weighted by atomic mass is 10.2. The Kier molecular flexibility index (Phi) is 2.98. The minimum atomic E-state index is -0.341. The van der Waals surface area contributed by atoms with Gasteiger partial charge in [0.1, 0.15) is 0 Å². The Morgan fingerprint density at radius 1 is 1.44 bits per heavy atom. The van der Waals surface area contributed by atoms with Crippen molar-refractivity contribution in [2.75, 3.05) is 13.2 Å². The molecule has 0 aromatic carbocycles. The zero-order valence-electron chi connectivity index (χ0n) is 9.24. The number of aliphatic hydroxyl groups is 1. The highest BCUT2D eigenvalue weighted by Crippen LogP contribution is 2.30. The van der Waals surface area contributed by atoms with Gasteiger partial charge in [-0.3, -0.25) is 0 Å². The molecule has 3 nitrogen and oxygen atoms in total. The van der Waals surface area contributed by atoms with Crippen LogP contribution in [0, 0.1) is 0 Å². The van der Waals surface area contributed by atoms with E-state index in [4.69, 9.17) is 4.74 Å². The number of rotatable bonds is 3. The SMILES string of the molecule is OC1COCC1NCc1cc2c(s1)CCC2. The number of hydrogen-bond acceptors (Lipinski definition) is 4. The number of ether oxygens (including phenoxy) is 1. The molecule has 1 fully saturated rings. The Labute approximate surface area is 99.4 Å². The third kappa shape index (κ3) is 2.02. The summed E-state index contributed by atoms with van der Waals surface area (Å²) in [6.45, 7) is 1.97. The van der Waals surface area contributed by atoms with E-state index in [9.17, 15) is 5.11 Å². The van der Waals surface area contributed by atoms with Gasteiger partial charge in [0, 0.05) is 16.3 Å². The Balaban J connectivity index is 1.58. The van der Waals surface area contributed by atoms with Gasteiger partial charge in [-0.2, -0.15) is 0 Å². The Hall–Kier alpha value is -0.420. The van der Waals surface area contributed by atoms with Crippen LogP contribution in [0.5, 0.6) is 0 Å². The van der Waals surface area contributed by atoms with Gasteiger partial charge in [-0.1, -0.05) is 0 Å². The van der Waals surface area contributed by atoms with Crippen molar-refractivity contribution in [3.63, 3.8) is 0 Å². The molecule has 3 rings (SSSR count). The maximum absolute atomic E-state index is 9.60. The largest absolute Gasteiger partial charge is 0.389 e. The first kappa shape index (κ1) is 10.7. The molecule has 0 spiro atoms. The molecule has 2 atom stereocenters. The zero-order valence-corrected chi connectivity index (χ0v) is 10.1. The first-order valence-corrected chi connectivity index (χ1v) is 6.74. The number of thiophene rings is 1. The van der Waals surface area contributed by atoms with Crippen LogP contribution in [0.4, 0.5) is 0 Å². The van der Waals surface area contributed by atoms with Crippen LogP contribution in [0.25, 0.3) is 0 Å². The molecule has 2 heterocycles. The van der Waals surface area contributed by atoms with Crippen molar-refractivity contribution in [2.24, 2.45) is 0 Å². The molecule has 1 saturated heterocycles. The fourth-order valence-electron chi connectivity index (χ4n) is 2.45. The molecule has 1 aliphatic heterocycles. The van der Waals surface area contributed by atoms with Crippen molar-refractivity contribution in [1.82, 2.24) is 5.32 Å². The zero-order chi connectivity index (χ0) is 11.0. The molecule has 88 valence electrons. The fourth-order valence-corrected chi connectivity index (χ4v) is 3.66. The lowest BCUT2D eigenvalue weighted by molar-refractivity contribution is 0.122. The Bertz CT molecular complexity index is 356. The van der Waals surface area contributed by atoms with Crippen LogP contribution in [0.15, 0.2) is 6.07 Å². The van der Waals surface area contributed by atoms with E-state index in [1.54, 1.807) is 10.4 Å². The normalized spacial score (nSPS) is 28.6. The third-order valence-corrected chi connectivity index (χ3v) is 4.62. The summed E-state index contributed by atoms with van der Waals surface area (Å²) in [6.07, 6.45) is 3.49. The van der Waals surface area contributed by atoms with Gasteiger partial charge in [0.05, 0.1) is 25.4 Å². The minimum absolute atomic E-state index is 0.108. The molecule has 2 aliphatic rings. The fraction of sp³-hybridized carbons (Fsp3) is 0.667. The van der Waals surface area contributed by atoms with Crippen LogP contribution in [0.2, 0.25) is 0 Å². The average molecular weight is 239 g/mol. The maximum Gasteiger partial charge on any atom is 0.0948 e. The molecule has 16 heavy (non-hydrogen) atoms. The van der Waals surface area contributed by atoms with E-state index >= 15 is 0 Å². The maximum atomic E-state index is 9.60. The van der Waals surface area contributed by atoms with Crippen molar-refractivity contribution < 1.29 is 9.84 Å². The summed E-state index contributed by atoms with van der Waals surface area (Å²) >= 11 is 1.92. The quantitative estimate of drug-likeness (QED) is 0.829. The van der Waals surface area contributed by atoms with E-state index in [2.05, 4.69) is 11.4 Å². The molecule has 0 radical (unpaired) electrons. The highest BCUT2D eigenvalue weighted by Gasteiger charge is 2.25. The monoisotopic (exact) mass is 239 g/mol. The van der Waals surface area contributed by atoms with E-state index in [-0.39, 0.29) is 12.1 Å². The number of hydrogen-bond donors (Lipinski definition) is 2. The van der Waals surface area contributed by atoms with Crippen LogP contribution in [0.3, 0.4) is 0 Å². The number of aliphatic hydroxyl groups excluding tert-OH is 1. The van der Waals surface area contributed by atoms with E-state index in [1.807, 2.05) is 11.3 Å². The van der Waals surface area contributed by atoms with Crippen LogP contribution < -0.4 is 5.32 Å². The highest BCUT2D eigenvalue weighted by atomic mass is 32.1. The Morgan fingerprint density at radius 2 is 2.38 bits per heavy atom. The van der Waals surface area contributed by atoms with Gasteiger partial charge in [0.25, 0.3) is 0 Å². The predicted molar refractivity (Wildman–Crippen MR) is 63.8 cm³/mol. The second kappa shape index (κ2) is 4.45. The predicted octanol–water partition coefficient (Wildman–Crippen LogP) is 1.09. The first-order valence-electron chi connectivity index (χ1n) is 5.92. The van der Waals surface area contributed by atoms with Crippen LogP contribution in [0.1, 0.15) is 21.7 Å². The lowest BCUT2D eigenvalue weighted by Crippen LogP contribution is -2.38. The van der Waals surface area contributed by atoms with Gasteiger partial charge in [0.2, 0.25) is 0 Å². The van der Waals surface area contributed by atoms with Crippen molar-refractivity contribution in [1.29, 1.82) is 0 Å². The molecule has 4 heteroatoms. The van der Waals surface area contributed by atoms with E-state index in [0.29, 0.717) is 13.2 Å². The molecule has 1 aliphatic carbocycles. The molecular weight excluding hydrogens is 222 g/mol.